The number of nitrogens with two attached hydrogens (primary N) is 1. The maximum Gasteiger partial charge on any atom is 0.287 e. The smallest absolute Gasteiger partial charge is 0.287 e. The van der Waals surface area contributed by atoms with Crippen LogP contribution >= 0.6 is 0 Å². The molecule has 7 nitrogen and oxygen atoms in total. The normalized spacial score (nSPS) is 12.2. The minimum absolute atomic E-state index is 0.0750. The maximum absolute atomic E-state index is 11.9. The summed E-state index contributed by atoms with van der Waals surface area (Å²) in [5.41, 5.74) is 5.64. The molecule has 0 aliphatic heterocycles. The molecule has 1 aromatic rings. The van der Waals surface area contributed by atoms with Crippen LogP contribution in [-0.2, 0) is 6.54 Å². The van der Waals surface area contributed by atoms with Crippen molar-refractivity contribution in [2.75, 3.05) is 6.54 Å². The van der Waals surface area contributed by atoms with E-state index in [9.17, 15) is 14.9 Å². The molecule has 0 spiro atoms. The van der Waals surface area contributed by atoms with Gasteiger partial charge in [0, 0.05) is 25.2 Å². The number of nitro groups is 1. The predicted molar refractivity (Wildman–Crippen MR) is 67.4 cm³/mol. The number of aryl methyl sites for hydroxylation is 1. The van der Waals surface area contributed by atoms with Crippen molar-refractivity contribution in [3.63, 3.8) is 0 Å². The van der Waals surface area contributed by atoms with E-state index < -0.39 is 4.92 Å². The van der Waals surface area contributed by atoms with E-state index in [1.165, 1.54) is 12.3 Å². The summed E-state index contributed by atoms with van der Waals surface area (Å²) < 4.78 is 1.59. The minimum atomic E-state index is -0.505. The Kier molecular flexibility index (Phi) is 4.85. The van der Waals surface area contributed by atoms with E-state index in [2.05, 4.69) is 5.32 Å². The van der Waals surface area contributed by atoms with Crippen molar-refractivity contribution in [2.45, 2.75) is 32.9 Å². The third-order valence-electron chi connectivity index (χ3n) is 2.52. The van der Waals surface area contributed by atoms with Gasteiger partial charge in [-0.2, -0.15) is 0 Å². The van der Waals surface area contributed by atoms with Gasteiger partial charge in [0.25, 0.3) is 11.6 Å². The average molecular weight is 254 g/mol. The summed E-state index contributed by atoms with van der Waals surface area (Å²) in [6.45, 7) is 4.60. The molecule has 3 N–H and O–H groups in total. The first-order chi connectivity index (χ1) is 8.49. The molecule has 1 heterocycles. The lowest BCUT2D eigenvalue weighted by molar-refractivity contribution is -0.384. The molecule has 1 amide bonds. The van der Waals surface area contributed by atoms with Gasteiger partial charge in [-0.1, -0.05) is 6.92 Å². The lowest BCUT2D eigenvalue weighted by atomic mass is 10.3. The van der Waals surface area contributed by atoms with Crippen LogP contribution in [0.2, 0.25) is 0 Å². The van der Waals surface area contributed by atoms with E-state index in [1.807, 2.05) is 6.92 Å². The first-order valence-corrected chi connectivity index (χ1v) is 5.85. The molecule has 1 rings (SSSR count). The molecule has 0 saturated carbocycles. The van der Waals surface area contributed by atoms with Gasteiger partial charge in [0.15, 0.2) is 0 Å². The zero-order chi connectivity index (χ0) is 13.7. The van der Waals surface area contributed by atoms with Crippen LogP contribution in [0.15, 0.2) is 12.3 Å². The Morgan fingerprint density at radius 1 is 1.67 bits per heavy atom. The summed E-state index contributed by atoms with van der Waals surface area (Å²) in [5.74, 6) is -0.338. The molecule has 0 aliphatic rings. The highest BCUT2D eigenvalue weighted by atomic mass is 16.6. The number of amides is 1. The summed E-state index contributed by atoms with van der Waals surface area (Å²) in [4.78, 5) is 22.1. The van der Waals surface area contributed by atoms with E-state index in [1.54, 1.807) is 11.5 Å². The third kappa shape index (κ3) is 3.30. The number of nitrogens with one attached hydrogen (secondary N) is 1. The molecule has 100 valence electrons. The van der Waals surface area contributed by atoms with Gasteiger partial charge < -0.3 is 15.6 Å². The molecule has 0 radical (unpaired) electrons. The Hall–Kier alpha value is -1.89. The molecule has 18 heavy (non-hydrogen) atoms. The number of carbonyl (C=O) groups excluding carboxylic acids is 1. The SMILES string of the molecule is CCCn1cc([N+](=O)[O-])cc1C(=O)NC(C)CN. The largest absolute Gasteiger partial charge is 0.347 e. The topological polar surface area (TPSA) is 103 Å². The van der Waals surface area contributed by atoms with Crippen molar-refractivity contribution in [1.82, 2.24) is 9.88 Å². The molecular formula is C11H18N4O3. The van der Waals surface area contributed by atoms with Crippen molar-refractivity contribution >= 4 is 11.6 Å². The maximum atomic E-state index is 11.9. The fourth-order valence-electron chi connectivity index (χ4n) is 1.57. The van der Waals surface area contributed by atoms with Crippen LogP contribution < -0.4 is 11.1 Å². The molecule has 7 heteroatoms. The highest BCUT2D eigenvalue weighted by Gasteiger charge is 2.19. The lowest BCUT2D eigenvalue weighted by Gasteiger charge is -2.12. The van der Waals surface area contributed by atoms with Crippen LogP contribution in [0.5, 0.6) is 0 Å². The monoisotopic (exact) mass is 254 g/mol. The van der Waals surface area contributed by atoms with E-state index in [-0.39, 0.29) is 17.6 Å². The number of hydrogen-bond donors (Lipinski definition) is 2. The third-order valence-corrected chi connectivity index (χ3v) is 2.52. The van der Waals surface area contributed by atoms with Crippen molar-refractivity contribution < 1.29 is 9.72 Å². The van der Waals surface area contributed by atoms with E-state index in [0.29, 0.717) is 18.8 Å². The van der Waals surface area contributed by atoms with Crippen LogP contribution in [0.1, 0.15) is 30.8 Å². The molecule has 1 aromatic heterocycles. The summed E-state index contributed by atoms with van der Waals surface area (Å²) in [7, 11) is 0. The molecule has 1 atom stereocenters. The standard InChI is InChI=1S/C11H18N4O3/c1-3-4-14-7-9(15(17)18)5-10(14)11(16)13-8(2)6-12/h5,7-8H,3-4,6,12H2,1-2H3,(H,13,16). The highest BCUT2D eigenvalue weighted by molar-refractivity contribution is 5.93. The van der Waals surface area contributed by atoms with Crippen molar-refractivity contribution in [1.29, 1.82) is 0 Å². The van der Waals surface area contributed by atoms with E-state index >= 15 is 0 Å². The molecule has 0 bridgehead atoms. The van der Waals surface area contributed by atoms with Gasteiger partial charge in [-0.3, -0.25) is 14.9 Å². The van der Waals surface area contributed by atoms with Gasteiger partial charge in [0.05, 0.1) is 11.1 Å². The van der Waals surface area contributed by atoms with Crippen molar-refractivity contribution in [3.8, 4) is 0 Å². The molecular weight excluding hydrogens is 236 g/mol. The Bertz CT molecular complexity index is 441. The highest BCUT2D eigenvalue weighted by Crippen LogP contribution is 2.17. The lowest BCUT2D eigenvalue weighted by Crippen LogP contribution is -2.38. The minimum Gasteiger partial charge on any atom is -0.347 e. The molecule has 0 fully saturated rings. The summed E-state index contributed by atoms with van der Waals surface area (Å²) in [5, 5.41) is 13.4. The number of hydrogen-bond acceptors (Lipinski definition) is 4. The van der Waals surface area contributed by atoms with Crippen LogP contribution in [0.4, 0.5) is 5.69 Å². The van der Waals surface area contributed by atoms with Crippen LogP contribution in [0, 0.1) is 10.1 Å². The first kappa shape index (κ1) is 14.2. The number of carbonyl (C=O) groups is 1. The summed E-state index contributed by atoms with van der Waals surface area (Å²) in [6, 6.07) is 1.12. The Balaban J connectivity index is 2.97. The van der Waals surface area contributed by atoms with Crippen molar-refractivity contribution in [2.24, 2.45) is 5.73 Å². The molecule has 0 aromatic carbocycles. The first-order valence-electron chi connectivity index (χ1n) is 5.85. The van der Waals surface area contributed by atoms with E-state index in [4.69, 9.17) is 5.73 Å². The fraction of sp³-hybridized carbons (Fsp3) is 0.545. The van der Waals surface area contributed by atoms with Crippen LogP contribution in [0.25, 0.3) is 0 Å². The van der Waals surface area contributed by atoms with Gasteiger partial charge in [0.2, 0.25) is 0 Å². The fourth-order valence-corrected chi connectivity index (χ4v) is 1.57. The van der Waals surface area contributed by atoms with Crippen LogP contribution in [0.3, 0.4) is 0 Å². The Morgan fingerprint density at radius 2 is 2.33 bits per heavy atom. The number of nitrogens with zero attached hydrogens (tertiary/aromatic N) is 2. The number of rotatable bonds is 6. The molecule has 1 unspecified atom stereocenters. The Labute approximate surface area is 105 Å². The second-order valence-electron chi connectivity index (χ2n) is 4.14. The zero-order valence-corrected chi connectivity index (χ0v) is 10.5. The average Bonchev–Trinajstić information content (AvgIpc) is 2.73. The molecule has 0 saturated heterocycles. The van der Waals surface area contributed by atoms with Gasteiger partial charge in [-0.25, -0.2) is 0 Å². The second kappa shape index (κ2) is 6.15. The predicted octanol–water partition coefficient (Wildman–Crippen LogP) is 0.883. The van der Waals surface area contributed by atoms with Gasteiger partial charge in [-0.15, -0.1) is 0 Å². The molecule has 0 aliphatic carbocycles. The van der Waals surface area contributed by atoms with Gasteiger partial charge >= 0.3 is 0 Å². The van der Waals surface area contributed by atoms with E-state index in [0.717, 1.165) is 6.42 Å². The van der Waals surface area contributed by atoms with Gasteiger partial charge in [-0.05, 0) is 13.3 Å². The van der Waals surface area contributed by atoms with Crippen LogP contribution in [-0.4, -0.2) is 28.0 Å². The van der Waals surface area contributed by atoms with Crippen molar-refractivity contribution in [3.05, 3.63) is 28.1 Å². The number of aromatic nitrogens is 1. The quantitative estimate of drug-likeness (QED) is 0.581. The second-order valence-corrected chi connectivity index (χ2v) is 4.14. The van der Waals surface area contributed by atoms with Gasteiger partial charge in [0.1, 0.15) is 5.69 Å². The summed E-state index contributed by atoms with van der Waals surface area (Å²) >= 11 is 0. The Morgan fingerprint density at radius 3 is 2.83 bits per heavy atom. The summed E-state index contributed by atoms with van der Waals surface area (Å²) in [6.07, 6.45) is 2.17. The zero-order valence-electron chi connectivity index (χ0n) is 10.5.